The minimum absolute atomic E-state index is 0.00408. The first-order chi connectivity index (χ1) is 33.9. The molecule has 20 heteroatoms. The Bertz CT molecular complexity index is 2690. The van der Waals surface area contributed by atoms with Gasteiger partial charge in [-0.3, -0.25) is 29.5 Å². The van der Waals surface area contributed by atoms with Gasteiger partial charge in [0.2, 0.25) is 0 Å². The molecule has 70 heavy (non-hydrogen) atoms. The normalized spacial score (nSPS) is 19.6. The molecular formula is C50H48F4N10O4S2. The van der Waals surface area contributed by atoms with Gasteiger partial charge in [0.1, 0.15) is 38.2 Å². The Balaban J connectivity index is 1.32. The lowest BCUT2D eigenvalue weighted by Gasteiger charge is -2.43. The number of pyridine rings is 4. The highest BCUT2D eigenvalue weighted by Gasteiger charge is 2.59. The molecule has 4 N–H and O–H groups in total. The Morgan fingerprint density at radius 3 is 1.70 bits per heavy atom. The molecule has 4 aromatic heterocycles. The minimum atomic E-state index is -2.12. The van der Waals surface area contributed by atoms with Gasteiger partial charge in [-0.05, 0) is 124 Å². The number of halogens is 4. The summed E-state index contributed by atoms with van der Waals surface area (Å²) in [6, 6.07) is 22.7. The van der Waals surface area contributed by atoms with Crippen molar-refractivity contribution in [1.29, 1.82) is 0 Å². The molecule has 362 valence electrons. The van der Waals surface area contributed by atoms with E-state index in [1.165, 1.54) is 42.8 Å². The van der Waals surface area contributed by atoms with Crippen LogP contribution in [0.15, 0.2) is 144 Å². The van der Waals surface area contributed by atoms with Gasteiger partial charge in [-0.2, -0.15) is 10.2 Å². The molecule has 14 nitrogen and oxygen atoms in total. The van der Waals surface area contributed by atoms with E-state index in [0.717, 1.165) is 59.9 Å². The number of aromatic nitrogens is 4. The van der Waals surface area contributed by atoms with E-state index in [9.17, 15) is 8.78 Å². The van der Waals surface area contributed by atoms with Gasteiger partial charge in [0.25, 0.3) is 11.8 Å². The van der Waals surface area contributed by atoms with Crippen LogP contribution in [-0.4, -0.2) is 79.2 Å². The zero-order valence-corrected chi connectivity index (χ0v) is 39.7. The summed E-state index contributed by atoms with van der Waals surface area (Å²) in [6.45, 7) is 0.391. The second-order valence-corrected chi connectivity index (χ2v) is 18.9. The number of nitrogens with two attached hydrogens (primary N) is 2. The summed E-state index contributed by atoms with van der Waals surface area (Å²) in [5.74, 6) is -4.58. The van der Waals surface area contributed by atoms with Crippen molar-refractivity contribution in [2.45, 2.75) is 59.5 Å². The number of hydrazone groups is 2. The summed E-state index contributed by atoms with van der Waals surface area (Å²) in [7, 11) is 2.64. The number of hydrogen-bond acceptors (Lipinski definition) is 14. The van der Waals surface area contributed by atoms with Gasteiger partial charge in [0.05, 0.1) is 11.4 Å². The number of benzene rings is 2. The fraction of sp³-hybridized carbons (Fsp3) is 0.280. The number of nitrogens with zero attached hydrogens (tertiary/aromatic N) is 8. The summed E-state index contributed by atoms with van der Waals surface area (Å²) in [6.07, 6.45) is 9.43. The molecule has 8 rings (SSSR count). The van der Waals surface area contributed by atoms with Crippen molar-refractivity contribution in [2.75, 3.05) is 27.3 Å². The maximum Gasteiger partial charge on any atom is 0.282 e. The predicted octanol–water partition coefficient (Wildman–Crippen LogP) is 8.05. The van der Waals surface area contributed by atoms with E-state index in [1.807, 2.05) is 0 Å². The van der Waals surface area contributed by atoms with E-state index >= 15 is 18.4 Å². The minimum Gasteiger partial charge on any atom is -0.363 e. The van der Waals surface area contributed by atoms with Crippen LogP contribution in [0.3, 0.4) is 0 Å². The highest BCUT2D eigenvalue weighted by atomic mass is 32.2. The largest absolute Gasteiger partial charge is 0.363 e. The van der Waals surface area contributed by atoms with Crippen LogP contribution in [-0.2, 0) is 40.0 Å². The number of thioether (sulfide) groups is 2. The molecule has 0 bridgehead atoms. The summed E-state index contributed by atoms with van der Waals surface area (Å²) in [4.78, 5) is 47.4. The predicted molar refractivity (Wildman–Crippen MR) is 258 cm³/mol. The zero-order chi connectivity index (χ0) is 49.5. The number of hydrogen-bond donors (Lipinski definition) is 2. The van der Waals surface area contributed by atoms with E-state index < -0.39 is 56.0 Å². The van der Waals surface area contributed by atoms with E-state index in [4.69, 9.17) is 31.1 Å². The molecule has 2 aliphatic heterocycles. The average Bonchev–Trinajstić information content (AvgIpc) is 3.99. The fourth-order valence-electron chi connectivity index (χ4n) is 8.77. The highest BCUT2D eigenvalue weighted by molar-refractivity contribution is 8.15. The van der Waals surface area contributed by atoms with Gasteiger partial charge in [-0.15, -0.1) is 0 Å². The zero-order valence-electron chi connectivity index (χ0n) is 38.1. The Hall–Kier alpha value is -6.42. The maximum absolute atomic E-state index is 16.2. The second-order valence-electron chi connectivity index (χ2n) is 16.3. The molecule has 6 heterocycles. The van der Waals surface area contributed by atoms with Crippen LogP contribution < -0.4 is 11.5 Å². The first-order valence-electron chi connectivity index (χ1n) is 22.2. The smallest absolute Gasteiger partial charge is 0.282 e. The molecule has 6 aromatic rings. The SMILES string of the molecule is COC(CC[C@@](OC)(C(=O)N1N=C(c2cc(F)ccc2F)SC1(CCCN)c1cccnc1)c1cccnc1)(C(=O)N1N=C(c2cc(F)ccc2F)SC1(CCCN)c1ccccn1)c1ccccn1. The van der Waals surface area contributed by atoms with Gasteiger partial charge in [-0.25, -0.2) is 27.6 Å². The number of methoxy groups -OCH3 is 2. The molecule has 3 unspecified atom stereocenters. The molecule has 0 spiro atoms. The van der Waals surface area contributed by atoms with Gasteiger partial charge in [0, 0.05) is 73.7 Å². The van der Waals surface area contributed by atoms with Crippen molar-refractivity contribution in [3.8, 4) is 0 Å². The van der Waals surface area contributed by atoms with Crippen LogP contribution in [0.2, 0.25) is 0 Å². The summed E-state index contributed by atoms with van der Waals surface area (Å²) in [5, 5.41) is 12.0. The third-order valence-corrected chi connectivity index (χ3v) is 15.2. The highest BCUT2D eigenvalue weighted by Crippen LogP contribution is 2.55. The van der Waals surface area contributed by atoms with Crippen molar-refractivity contribution in [1.82, 2.24) is 30.0 Å². The van der Waals surface area contributed by atoms with Gasteiger partial charge in [0.15, 0.2) is 16.1 Å². The summed E-state index contributed by atoms with van der Waals surface area (Å²) < 4.78 is 74.1. The van der Waals surface area contributed by atoms with Gasteiger partial charge < -0.3 is 20.9 Å². The third-order valence-electron chi connectivity index (χ3n) is 12.3. The van der Waals surface area contributed by atoms with Crippen LogP contribution in [0.4, 0.5) is 17.6 Å². The van der Waals surface area contributed by atoms with Crippen LogP contribution in [0.1, 0.15) is 72.2 Å². The van der Waals surface area contributed by atoms with Crippen molar-refractivity contribution in [3.63, 3.8) is 0 Å². The maximum atomic E-state index is 16.2. The Labute approximate surface area is 410 Å². The molecule has 0 radical (unpaired) electrons. The lowest BCUT2D eigenvalue weighted by atomic mass is 9.81. The van der Waals surface area contributed by atoms with E-state index in [1.54, 1.807) is 79.3 Å². The number of carbonyl (C=O) groups is 2. The topological polar surface area (TPSA) is 187 Å². The molecule has 2 aromatic carbocycles. The molecule has 2 amide bonds. The van der Waals surface area contributed by atoms with Crippen LogP contribution in [0.25, 0.3) is 0 Å². The Morgan fingerprint density at radius 1 is 0.629 bits per heavy atom. The standard InChI is InChI=1S/C50H48F4N10O4S2/c1-67-47(33-11-7-25-57-31-33,45(65)63-49(19-9-23-55,34-12-8-26-58-32-34)69-43(61-63)37-29-35(51)15-17-39(37)53)21-22-48(68-2,41-13-3-5-27-59-41)46(66)64-50(20-10-24-56,42-14-4-6-28-60-42)70-44(62-64)38-30-36(52)16-18-40(38)54/h3-8,11-18,25-32H,9-10,19-24,55-56H2,1-2H3/t47-,48?,49?,50?/m0/s1. The van der Waals surface area contributed by atoms with E-state index in [2.05, 4.69) is 19.9 Å². The number of carbonyl (C=O) groups excluding carboxylic acids is 2. The molecule has 4 atom stereocenters. The quantitative estimate of drug-likeness (QED) is 0.0745. The molecule has 0 aliphatic carbocycles. The van der Waals surface area contributed by atoms with Crippen LogP contribution in [0, 0.1) is 23.3 Å². The first-order valence-corrected chi connectivity index (χ1v) is 23.8. The molecule has 0 saturated carbocycles. The molecule has 2 aliphatic rings. The molecule has 0 fully saturated rings. The monoisotopic (exact) mass is 992 g/mol. The fourth-order valence-corrected chi connectivity index (χ4v) is 11.6. The Morgan fingerprint density at radius 2 is 1.17 bits per heavy atom. The van der Waals surface area contributed by atoms with Crippen molar-refractivity contribution in [2.24, 2.45) is 21.7 Å². The van der Waals surface area contributed by atoms with Gasteiger partial charge in [-0.1, -0.05) is 47.8 Å². The summed E-state index contributed by atoms with van der Waals surface area (Å²) >= 11 is 2.06. The van der Waals surface area contributed by atoms with Gasteiger partial charge >= 0.3 is 0 Å². The first kappa shape index (κ1) is 50.0. The summed E-state index contributed by atoms with van der Waals surface area (Å²) in [5.41, 5.74) is 8.90. The van der Waals surface area contributed by atoms with Crippen LogP contribution in [0.5, 0.6) is 0 Å². The molecular weight excluding hydrogens is 945 g/mol. The lowest BCUT2D eigenvalue weighted by Crippen LogP contribution is -2.55. The molecule has 0 saturated heterocycles. The van der Waals surface area contributed by atoms with Crippen molar-refractivity contribution in [3.05, 3.63) is 191 Å². The number of rotatable bonds is 19. The van der Waals surface area contributed by atoms with Crippen molar-refractivity contribution < 1.29 is 36.6 Å². The van der Waals surface area contributed by atoms with Crippen molar-refractivity contribution >= 4 is 45.4 Å². The number of ether oxygens (including phenoxy) is 2. The average molecular weight is 993 g/mol. The lowest BCUT2D eigenvalue weighted by molar-refractivity contribution is -0.172. The van der Waals surface area contributed by atoms with Crippen LogP contribution >= 0.6 is 23.5 Å². The van der Waals surface area contributed by atoms with E-state index in [-0.39, 0.29) is 71.2 Å². The number of amides is 2. The third kappa shape index (κ3) is 9.22. The Kier molecular flexibility index (Phi) is 15.2. The second kappa shape index (κ2) is 21.3. The van der Waals surface area contributed by atoms with E-state index in [0.29, 0.717) is 24.1 Å².